The fraction of sp³-hybridized carbons (Fsp3) is 0.0370. The highest BCUT2D eigenvalue weighted by molar-refractivity contribution is 9.10. The van der Waals surface area contributed by atoms with Crippen molar-refractivity contribution in [3.8, 4) is 5.75 Å². The van der Waals surface area contributed by atoms with Gasteiger partial charge in [-0.2, -0.15) is 5.11 Å². The molecule has 5 rings (SSSR count). The van der Waals surface area contributed by atoms with Gasteiger partial charge in [-0.1, -0.05) is 64.5 Å². The van der Waals surface area contributed by atoms with Crippen LogP contribution < -0.4 is 0 Å². The molecule has 1 aliphatic heterocycles. The van der Waals surface area contributed by atoms with E-state index in [-0.39, 0.29) is 22.4 Å². The van der Waals surface area contributed by atoms with Gasteiger partial charge < -0.3 is 5.11 Å². The number of hydrogen-bond acceptors (Lipinski definition) is 6. The predicted octanol–water partition coefficient (Wildman–Crippen LogP) is 7.96. The molecular formula is C27H18BrN3O3S. The summed E-state index contributed by atoms with van der Waals surface area (Å²) < 4.78 is 0.920. The first-order valence-corrected chi connectivity index (χ1v) is 12.3. The Hall–Kier alpha value is -3.75. The summed E-state index contributed by atoms with van der Waals surface area (Å²) in [6.07, 6.45) is 1.51. The quantitative estimate of drug-likeness (QED) is 0.204. The van der Waals surface area contributed by atoms with Crippen molar-refractivity contribution in [2.24, 2.45) is 10.2 Å². The molecule has 0 aliphatic carbocycles. The summed E-state index contributed by atoms with van der Waals surface area (Å²) in [5.41, 5.74) is 2.46. The SMILES string of the molecule is O=C1S/C(=C\c2cc(N=Nc3cccc4ccccc34)ccc2O)C(=O)N1Cc1ccc(Br)cc1. The molecule has 1 fully saturated rings. The Bertz CT molecular complexity index is 1510. The molecule has 0 atom stereocenters. The first-order valence-electron chi connectivity index (χ1n) is 10.7. The van der Waals surface area contributed by atoms with Gasteiger partial charge in [0.15, 0.2) is 0 Å². The highest BCUT2D eigenvalue weighted by Crippen LogP contribution is 2.36. The van der Waals surface area contributed by atoms with E-state index >= 15 is 0 Å². The average Bonchev–Trinajstić information content (AvgIpc) is 3.13. The van der Waals surface area contributed by atoms with Crippen molar-refractivity contribution in [1.29, 1.82) is 0 Å². The topological polar surface area (TPSA) is 82.3 Å². The number of phenolic OH excluding ortho intramolecular Hbond substituents is 1. The normalized spacial score (nSPS) is 15.1. The van der Waals surface area contributed by atoms with Crippen LogP contribution in [0, 0.1) is 0 Å². The van der Waals surface area contributed by atoms with Gasteiger partial charge in [0, 0.05) is 15.4 Å². The zero-order valence-electron chi connectivity index (χ0n) is 18.3. The van der Waals surface area contributed by atoms with Gasteiger partial charge in [-0.15, -0.1) is 5.11 Å². The van der Waals surface area contributed by atoms with Crippen LogP contribution in [0.2, 0.25) is 0 Å². The van der Waals surface area contributed by atoms with E-state index in [1.165, 1.54) is 17.0 Å². The van der Waals surface area contributed by atoms with E-state index in [4.69, 9.17) is 0 Å². The number of carbonyl (C=O) groups is 2. The molecule has 0 bridgehead atoms. The lowest BCUT2D eigenvalue weighted by atomic mass is 10.1. The summed E-state index contributed by atoms with van der Waals surface area (Å²) in [5, 5.41) is 20.8. The van der Waals surface area contributed by atoms with Crippen molar-refractivity contribution in [2.45, 2.75) is 6.54 Å². The van der Waals surface area contributed by atoms with Gasteiger partial charge >= 0.3 is 0 Å². The lowest BCUT2D eigenvalue weighted by Gasteiger charge is -2.12. The Kier molecular flexibility index (Phi) is 6.48. The third kappa shape index (κ3) is 5.03. The molecule has 8 heteroatoms. The summed E-state index contributed by atoms with van der Waals surface area (Å²) in [6.45, 7) is 0.181. The molecule has 172 valence electrons. The number of aromatic hydroxyl groups is 1. The van der Waals surface area contributed by atoms with Crippen LogP contribution in [0.25, 0.3) is 16.8 Å². The summed E-state index contributed by atoms with van der Waals surface area (Å²) >= 11 is 4.23. The second kappa shape index (κ2) is 9.85. The van der Waals surface area contributed by atoms with Crippen LogP contribution in [0.4, 0.5) is 16.2 Å². The molecule has 2 amide bonds. The summed E-state index contributed by atoms with van der Waals surface area (Å²) in [7, 11) is 0. The van der Waals surface area contributed by atoms with E-state index in [0.29, 0.717) is 11.3 Å². The minimum atomic E-state index is -0.398. The number of carbonyl (C=O) groups excluding carboxylic acids is 2. The van der Waals surface area contributed by atoms with E-state index in [1.807, 2.05) is 66.7 Å². The van der Waals surface area contributed by atoms with Crippen LogP contribution in [0.1, 0.15) is 11.1 Å². The van der Waals surface area contributed by atoms with E-state index in [9.17, 15) is 14.7 Å². The molecule has 0 unspecified atom stereocenters. The largest absolute Gasteiger partial charge is 0.507 e. The first kappa shape index (κ1) is 23.0. The van der Waals surface area contributed by atoms with Crippen molar-refractivity contribution >= 4 is 67.1 Å². The smallest absolute Gasteiger partial charge is 0.293 e. The van der Waals surface area contributed by atoms with Crippen LogP contribution >= 0.6 is 27.7 Å². The zero-order valence-corrected chi connectivity index (χ0v) is 20.7. The van der Waals surface area contributed by atoms with Crippen LogP contribution in [0.15, 0.2) is 105 Å². The van der Waals surface area contributed by atoms with Crippen LogP contribution in [0.5, 0.6) is 5.75 Å². The minimum absolute atomic E-state index is 0.0196. The second-order valence-corrected chi connectivity index (χ2v) is 9.74. The Balaban J connectivity index is 1.39. The first-order chi connectivity index (χ1) is 17.0. The van der Waals surface area contributed by atoms with Crippen molar-refractivity contribution in [3.63, 3.8) is 0 Å². The third-order valence-corrected chi connectivity index (χ3v) is 6.90. The Morgan fingerprint density at radius 1 is 0.914 bits per heavy atom. The molecule has 0 saturated carbocycles. The molecule has 1 aliphatic rings. The molecular weight excluding hydrogens is 526 g/mol. The zero-order chi connectivity index (χ0) is 24.4. The number of thioether (sulfide) groups is 1. The number of hydrogen-bond donors (Lipinski definition) is 1. The van der Waals surface area contributed by atoms with Crippen molar-refractivity contribution in [3.05, 3.63) is 105 Å². The number of nitrogens with zero attached hydrogens (tertiary/aromatic N) is 3. The number of azo groups is 1. The van der Waals surface area contributed by atoms with Gasteiger partial charge in [0.25, 0.3) is 11.1 Å². The Morgan fingerprint density at radius 2 is 1.69 bits per heavy atom. The highest BCUT2D eigenvalue weighted by Gasteiger charge is 2.35. The van der Waals surface area contributed by atoms with Crippen LogP contribution in [-0.2, 0) is 11.3 Å². The molecule has 1 N–H and O–H groups in total. The van der Waals surface area contributed by atoms with Gasteiger partial charge in [-0.25, -0.2) is 0 Å². The predicted molar refractivity (Wildman–Crippen MR) is 142 cm³/mol. The monoisotopic (exact) mass is 543 g/mol. The summed E-state index contributed by atoms with van der Waals surface area (Å²) in [4.78, 5) is 26.8. The number of benzene rings is 4. The number of amides is 2. The molecule has 0 aromatic heterocycles. The molecule has 6 nitrogen and oxygen atoms in total. The highest BCUT2D eigenvalue weighted by atomic mass is 79.9. The van der Waals surface area contributed by atoms with E-state index < -0.39 is 5.91 Å². The van der Waals surface area contributed by atoms with Gasteiger partial charge in [0.2, 0.25) is 0 Å². The summed E-state index contributed by atoms with van der Waals surface area (Å²) in [5.74, 6) is -0.418. The van der Waals surface area contributed by atoms with E-state index in [1.54, 1.807) is 12.1 Å². The average molecular weight is 544 g/mol. The lowest BCUT2D eigenvalue weighted by Crippen LogP contribution is -2.27. The molecule has 0 radical (unpaired) electrons. The Labute approximate surface area is 214 Å². The van der Waals surface area contributed by atoms with Crippen molar-refractivity contribution in [1.82, 2.24) is 4.90 Å². The molecule has 0 spiro atoms. The lowest BCUT2D eigenvalue weighted by molar-refractivity contribution is -0.123. The van der Waals surface area contributed by atoms with E-state index in [2.05, 4.69) is 26.2 Å². The van der Waals surface area contributed by atoms with E-state index in [0.717, 1.165) is 38.3 Å². The number of fused-ring (bicyclic) bond motifs is 1. The number of rotatable bonds is 5. The van der Waals surface area contributed by atoms with Crippen LogP contribution in [-0.4, -0.2) is 21.2 Å². The molecule has 35 heavy (non-hydrogen) atoms. The maximum Gasteiger partial charge on any atom is 0.293 e. The standard InChI is InChI=1S/C27H18BrN3O3S/c28-20-10-8-17(9-11-20)16-31-26(33)25(35-27(31)34)15-19-14-21(12-13-24(19)32)29-30-23-7-3-5-18-4-1-2-6-22(18)23/h1-15,32H,16H2/b25-15-,30-29?. The number of imide groups is 1. The number of halogens is 1. The number of phenols is 1. The second-order valence-electron chi connectivity index (χ2n) is 7.84. The fourth-order valence-corrected chi connectivity index (χ4v) is 4.77. The maximum absolute atomic E-state index is 12.9. The fourth-order valence-electron chi connectivity index (χ4n) is 3.68. The van der Waals surface area contributed by atoms with Crippen molar-refractivity contribution in [2.75, 3.05) is 0 Å². The van der Waals surface area contributed by atoms with Crippen LogP contribution in [0.3, 0.4) is 0 Å². The van der Waals surface area contributed by atoms with Gasteiger partial charge in [0.05, 0.1) is 22.8 Å². The van der Waals surface area contributed by atoms with Gasteiger partial charge in [-0.05, 0) is 65.2 Å². The van der Waals surface area contributed by atoms with Crippen molar-refractivity contribution < 1.29 is 14.7 Å². The molecule has 4 aromatic rings. The van der Waals surface area contributed by atoms with Gasteiger partial charge in [0.1, 0.15) is 5.75 Å². The molecule has 1 heterocycles. The molecule has 4 aromatic carbocycles. The minimum Gasteiger partial charge on any atom is -0.507 e. The van der Waals surface area contributed by atoms with Gasteiger partial charge in [-0.3, -0.25) is 14.5 Å². The Morgan fingerprint density at radius 3 is 2.51 bits per heavy atom. The molecule has 1 saturated heterocycles. The maximum atomic E-state index is 12.9. The summed E-state index contributed by atoms with van der Waals surface area (Å²) in [6, 6.07) is 25.9. The third-order valence-electron chi connectivity index (χ3n) is 5.47.